The highest BCUT2D eigenvalue weighted by molar-refractivity contribution is 7.98. The van der Waals surface area contributed by atoms with E-state index in [2.05, 4.69) is 37.8 Å². The van der Waals surface area contributed by atoms with Gasteiger partial charge in [0, 0.05) is 42.5 Å². The predicted octanol–water partition coefficient (Wildman–Crippen LogP) is 4.90. The van der Waals surface area contributed by atoms with Crippen molar-refractivity contribution in [1.82, 2.24) is 20.3 Å². The van der Waals surface area contributed by atoms with Crippen LogP contribution < -0.4 is 16.0 Å². The van der Waals surface area contributed by atoms with Crippen LogP contribution in [0, 0.1) is 5.92 Å². The molecule has 7 nitrogen and oxygen atoms in total. The first-order chi connectivity index (χ1) is 16.1. The van der Waals surface area contributed by atoms with Crippen LogP contribution in [0.15, 0.2) is 65.8 Å². The first-order valence-electron chi connectivity index (χ1n) is 10.7. The molecule has 1 amide bonds. The number of fused-ring (bicyclic) bond motifs is 1. The second kappa shape index (κ2) is 11.1. The maximum atomic E-state index is 12.5. The highest BCUT2D eigenvalue weighted by atomic mass is 32.2. The van der Waals surface area contributed by atoms with E-state index in [1.807, 2.05) is 67.2 Å². The molecule has 0 aliphatic heterocycles. The molecule has 0 radical (unpaired) electrons. The largest absolute Gasteiger partial charge is 0.361 e. The molecule has 0 saturated heterocycles. The monoisotopic (exact) mass is 478 g/mol. The highest BCUT2D eigenvalue weighted by Crippen LogP contribution is 2.27. The minimum atomic E-state index is -0.0869. The third-order valence-corrected chi connectivity index (χ3v) is 6.68. The number of hydrogen-bond acceptors (Lipinski definition) is 8. The lowest BCUT2D eigenvalue weighted by Gasteiger charge is -2.13. The molecule has 2 heterocycles. The lowest BCUT2D eigenvalue weighted by Crippen LogP contribution is -2.22. The van der Waals surface area contributed by atoms with Crippen molar-refractivity contribution in [2.24, 2.45) is 5.92 Å². The van der Waals surface area contributed by atoms with E-state index in [0.717, 1.165) is 38.9 Å². The molecule has 0 fully saturated rings. The van der Waals surface area contributed by atoms with Crippen molar-refractivity contribution in [3.8, 4) is 0 Å². The molecule has 0 aliphatic carbocycles. The van der Waals surface area contributed by atoms with Gasteiger partial charge in [-0.05, 0) is 35.9 Å². The Labute approximate surface area is 201 Å². The fraction of sp³-hybridized carbons (Fsp3) is 0.250. The second-order valence-electron chi connectivity index (χ2n) is 7.68. The molecule has 9 heteroatoms. The maximum Gasteiger partial charge on any atom is 0.251 e. The SMILES string of the molecule is CSc1cnc(NC[C@H](C)CNc2nc3ccc(C(=O)NCc4ccccc4)cc3s2)nc1. The van der Waals surface area contributed by atoms with Crippen molar-refractivity contribution < 1.29 is 4.79 Å². The summed E-state index contributed by atoms with van der Waals surface area (Å²) in [5.41, 5.74) is 2.59. The van der Waals surface area contributed by atoms with Crippen LogP contribution in [0.1, 0.15) is 22.8 Å². The van der Waals surface area contributed by atoms with E-state index >= 15 is 0 Å². The Hall–Kier alpha value is -3.17. The zero-order valence-corrected chi connectivity index (χ0v) is 20.2. The van der Waals surface area contributed by atoms with Crippen molar-refractivity contribution in [3.05, 3.63) is 72.1 Å². The summed E-state index contributed by atoms with van der Waals surface area (Å²) in [6.07, 6.45) is 5.64. The summed E-state index contributed by atoms with van der Waals surface area (Å²) in [7, 11) is 0. The maximum absolute atomic E-state index is 12.5. The lowest BCUT2D eigenvalue weighted by atomic mass is 10.2. The molecule has 2 aromatic heterocycles. The molecule has 4 rings (SSSR count). The van der Waals surface area contributed by atoms with Gasteiger partial charge < -0.3 is 16.0 Å². The summed E-state index contributed by atoms with van der Waals surface area (Å²) >= 11 is 3.18. The molecular formula is C24H26N6OS2. The van der Waals surface area contributed by atoms with E-state index in [1.165, 1.54) is 0 Å². The zero-order valence-electron chi connectivity index (χ0n) is 18.5. The van der Waals surface area contributed by atoms with Gasteiger partial charge in [-0.15, -0.1) is 11.8 Å². The van der Waals surface area contributed by atoms with Crippen molar-refractivity contribution in [3.63, 3.8) is 0 Å². The number of hydrogen-bond donors (Lipinski definition) is 3. The summed E-state index contributed by atoms with van der Waals surface area (Å²) in [5, 5.41) is 10.5. The van der Waals surface area contributed by atoms with Gasteiger partial charge in [0.2, 0.25) is 5.95 Å². The van der Waals surface area contributed by atoms with Gasteiger partial charge in [-0.25, -0.2) is 15.0 Å². The smallest absolute Gasteiger partial charge is 0.251 e. The van der Waals surface area contributed by atoms with Crippen LogP contribution in [0.2, 0.25) is 0 Å². The molecule has 0 aliphatic rings. The number of carbonyl (C=O) groups is 1. The Morgan fingerprint density at radius 3 is 2.58 bits per heavy atom. The van der Waals surface area contributed by atoms with Gasteiger partial charge in [0.05, 0.1) is 10.2 Å². The molecular weight excluding hydrogens is 452 g/mol. The van der Waals surface area contributed by atoms with Gasteiger partial charge in [0.1, 0.15) is 0 Å². The topological polar surface area (TPSA) is 91.8 Å². The lowest BCUT2D eigenvalue weighted by molar-refractivity contribution is 0.0951. The van der Waals surface area contributed by atoms with Gasteiger partial charge in [0.25, 0.3) is 5.91 Å². The number of rotatable bonds is 10. The van der Waals surface area contributed by atoms with Crippen LogP contribution in [0.5, 0.6) is 0 Å². The number of thioether (sulfide) groups is 1. The number of carbonyl (C=O) groups excluding carboxylic acids is 1. The normalized spacial score (nSPS) is 11.8. The van der Waals surface area contributed by atoms with Crippen LogP contribution in [-0.4, -0.2) is 40.2 Å². The molecule has 0 spiro atoms. The van der Waals surface area contributed by atoms with E-state index in [4.69, 9.17) is 0 Å². The van der Waals surface area contributed by atoms with Gasteiger partial charge in [-0.1, -0.05) is 48.6 Å². The number of nitrogens with zero attached hydrogens (tertiary/aromatic N) is 3. The van der Waals surface area contributed by atoms with Crippen LogP contribution in [0.4, 0.5) is 11.1 Å². The highest BCUT2D eigenvalue weighted by Gasteiger charge is 2.11. The van der Waals surface area contributed by atoms with Crippen molar-refractivity contribution in [1.29, 1.82) is 0 Å². The summed E-state index contributed by atoms with van der Waals surface area (Å²) < 4.78 is 0.984. The van der Waals surface area contributed by atoms with Crippen LogP contribution in [0.25, 0.3) is 10.2 Å². The summed E-state index contributed by atoms with van der Waals surface area (Å²) in [5.74, 6) is 0.897. The quantitative estimate of drug-likeness (QED) is 0.279. The molecule has 2 aromatic carbocycles. The van der Waals surface area contributed by atoms with E-state index in [1.54, 1.807) is 23.1 Å². The third kappa shape index (κ3) is 6.43. The molecule has 3 N–H and O–H groups in total. The molecule has 33 heavy (non-hydrogen) atoms. The third-order valence-electron chi connectivity index (χ3n) is 5.02. The summed E-state index contributed by atoms with van der Waals surface area (Å²) in [6.45, 7) is 4.17. The summed E-state index contributed by atoms with van der Waals surface area (Å²) in [6, 6.07) is 15.5. The zero-order chi connectivity index (χ0) is 23.0. The Balaban J connectivity index is 1.29. The Kier molecular flexibility index (Phi) is 7.74. The molecule has 0 bridgehead atoms. The number of benzene rings is 2. The van der Waals surface area contributed by atoms with Crippen molar-refractivity contribution in [2.45, 2.75) is 18.4 Å². The molecule has 4 aromatic rings. The van der Waals surface area contributed by atoms with Crippen molar-refractivity contribution in [2.75, 3.05) is 30.0 Å². The number of aromatic nitrogens is 3. The molecule has 1 atom stereocenters. The van der Waals surface area contributed by atoms with Crippen LogP contribution >= 0.6 is 23.1 Å². The second-order valence-corrected chi connectivity index (χ2v) is 9.59. The van der Waals surface area contributed by atoms with Crippen molar-refractivity contribution >= 4 is 50.3 Å². The minimum Gasteiger partial charge on any atom is -0.361 e. The standard InChI is InChI=1S/C24H26N6OS2/c1-16(11-26-23-27-14-19(32-2)15-28-23)12-29-24-30-20-9-8-18(10-21(20)33-24)22(31)25-13-17-6-4-3-5-7-17/h3-10,14-16H,11-13H2,1-2H3,(H,25,31)(H,29,30)(H,26,27,28)/t16-/m0/s1. The number of anilines is 2. The number of nitrogens with one attached hydrogen (secondary N) is 3. The van der Waals surface area contributed by atoms with Gasteiger partial charge >= 0.3 is 0 Å². The fourth-order valence-electron chi connectivity index (χ4n) is 3.13. The van der Waals surface area contributed by atoms with Crippen LogP contribution in [0.3, 0.4) is 0 Å². The minimum absolute atomic E-state index is 0.0869. The Bertz CT molecular complexity index is 1200. The molecule has 0 saturated carbocycles. The predicted molar refractivity (Wildman–Crippen MR) is 137 cm³/mol. The first-order valence-corrected chi connectivity index (χ1v) is 12.7. The molecule has 170 valence electrons. The molecule has 0 unspecified atom stereocenters. The fourth-order valence-corrected chi connectivity index (χ4v) is 4.36. The van der Waals surface area contributed by atoms with Crippen LogP contribution in [-0.2, 0) is 6.54 Å². The van der Waals surface area contributed by atoms with Gasteiger partial charge in [-0.3, -0.25) is 4.79 Å². The van der Waals surface area contributed by atoms with E-state index < -0.39 is 0 Å². The summed E-state index contributed by atoms with van der Waals surface area (Å²) in [4.78, 5) is 26.9. The Morgan fingerprint density at radius 1 is 1.06 bits per heavy atom. The average molecular weight is 479 g/mol. The Morgan fingerprint density at radius 2 is 1.82 bits per heavy atom. The van der Waals surface area contributed by atoms with E-state index in [9.17, 15) is 4.79 Å². The van der Waals surface area contributed by atoms with Gasteiger partial charge in [0.15, 0.2) is 5.13 Å². The first kappa shape index (κ1) is 23.0. The van der Waals surface area contributed by atoms with E-state index in [-0.39, 0.29) is 5.91 Å². The number of amides is 1. The number of thiazole rings is 1. The van der Waals surface area contributed by atoms with E-state index in [0.29, 0.717) is 24.0 Å². The van der Waals surface area contributed by atoms with Gasteiger partial charge in [-0.2, -0.15) is 0 Å². The average Bonchev–Trinajstić information content (AvgIpc) is 3.28.